The summed E-state index contributed by atoms with van der Waals surface area (Å²) in [6, 6.07) is 7.00. The molecule has 6 heteroatoms. The fourth-order valence-electron chi connectivity index (χ4n) is 2.29. The maximum Gasteiger partial charge on any atom is 0.266 e. The van der Waals surface area contributed by atoms with Gasteiger partial charge in [-0.3, -0.25) is 4.79 Å². The molecule has 23 heavy (non-hydrogen) atoms. The summed E-state index contributed by atoms with van der Waals surface area (Å²) in [5.74, 6) is 1.05. The highest BCUT2D eigenvalue weighted by Crippen LogP contribution is 2.39. The summed E-state index contributed by atoms with van der Waals surface area (Å²) in [5.41, 5.74) is 1.26. The number of H-pyrrole nitrogens is 1. The van der Waals surface area contributed by atoms with E-state index in [1.165, 1.54) is 0 Å². The number of nitrogens with one attached hydrogen (secondary N) is 1. The molecular weight excluding hydrogens is 316 g/mol. The Bertz CT molecular complexity index is 822. The Morgan fingerprint density at radius 3 is 2.30 bits per heavy atom. The Hall–Kier alpha value is -2.45. The monoisotopic (exact) mass is 332 g/mol. The Morgan fingerprint density at radius 1 is 1.13 bits per heavy atom. The molecule has 5 nitrogen and oxygen atoms in total. The van der Waals surface area contributed by atoms with E-state index in [4.69, 9.17) is 21.1 Å². The number of halogens is 1. The van der Waals surface area contributed by atoms with Crippen LogP contribution < -0.4 is 15.0 Å². The van der Waals surface area contributed by atoms with Gasteiger partial charge < -0.3 is 14.5 Å². The van der Waals surface area contributed by atoms with Crippen LogP contribution in [0.4, 0.5) is 0 Å². The van der Waals surface area contributed by atoms with Crippen LogP contribution >= 0.6 is 11.6 Å². The van der Waals surface area contributed by atoms with Crippen molar-refractivity contribution in [3.63, 3.8) is 0 Å². The van der Waals surface area contributed by atoms with Crippen molar-refractivity contribution in [2.45, 2.75) is 20.8 Å². The van der Waals surface area contributed by atoms with Crippen molar-refractivity contribution in [1.82, 2.24) is 4.98 Å². The third-order valence-electron chi connectivity index (χ3n) is 3.20. The van der Waals surface area contributed by atoms with Crippen LogP contribution in [0.1, 0.15) is 25.1 Å². The summed E-state index contributed by atoms with van der Waals surface area (Å²) < 4.78 is 11.1. The van der Waals surface area contributed by atoms with Gasteiger partial charge >= 0.3 is 0 Å². The van der Waals surface area contributed by atoms with Crippen LogP contribution in [0.25, 0.3) is 11.1 Å². The second-order valence-corrected chi connectivity index (χ2v) is 5.23. The molecule has 0 aliphatic rings. The number of ether oxygens (including phenoxy) is 2. The molecule has 0 radical (unpaired) electrons. The van der Waals surface area contributed by atoms with Crippen molar-refractivity contribution in [1.29, 1.82) is 5.26 Å². The molecule has 0 atom stereocenters. The molecule has 2 aromatic rings. The van der Waals surface area contributed by atoms with E-state index in [2.05, 4.69) is 4.98 Å². The van der Waals surface area contributed by atoms with Gasteiger partial charge in [0.05, 0.1) is 18.2 Å². The lowest BCUT2D eigenvalue weighted by atomic mass is 10.0. The van der Waals surface area contributed by atoms with Crippen LogP contribution in [0, 0.1) is 18.3 Å². The highest BCUT2D eigenvalue weighted by molar-refractivity contribution is 6.33. The van der Waals surface area contributed by atoms with E-state index in [0.717, 1.165) is 0 Å². The van der Waals surface area contributed by atoms with Crippen molar-refractivity contribution >= 4 is 11.6 Å². The SMILES string of the molecule is CCOc1cc(Cl)c(-c2cc(C)[nH]c(=O)c2C#N)cc1OCC. The molecule has 1 aromatic heterocycles. The number of nitriles is 1. The molecule has 0 aliphatic carbocycles. The standard InChI is InChI=1S/C17H17ClN2O3/c1-4-22-15-7-12(14(18)8-16(15)23-5-2)11-6-10(3)20-17(21)13(11)9-19/h6-8H,4-5H2,1-3H3,(H,20,21). The number of aromatic nitrogens is 1. The Kier molecular flexibility index (Phi) is 5.30. The molecule has 0 amide bonds. The van der Waals surface area contributed by atoms with Gasteiger partial charge in [0, 0.05) is 22.9 Å². The summed E-state index contributed by atoms with van der Waals surface area (Å²) >= 11 is 6.35. The van der Waals surface area contributed by atoms with Gasteiger partial charge in [0.1, 0.15) is 11.6 Å². The van der Waals surface area contributed by atoms with Crippen LogP contribution in [0.15, 0.2) is 23.0 Å². The van der Waals surface area contributed by atoms with E-state index in [-0.39, 0.29) is 5.56 Å². The molecule has 2 rings (SSSR count). The zero-order valence-corrected chi connectivity index (χ0v) is 14.0. The average molecular weight is 333 g/mol. The number of pyridine rings is 1. The zero-order chi connectivity index (χ0) is 17.0. The second-order valence-electron chi connectivity index (χ2n) is 4.83. The molecule has 0 aliphatic heterocycles. The van der Waals surface area contributed by atoms with E-state index < -0.39 is 5.56 Å². The van der Waals surface area contributed by atoms with Crippen molar-refractivity contribution in [3.05, 3.63) is 44.8 Å². The molecule has 0 bridgehead atoms. The molecule has 0 unspecified atom stereocenters. The lowest BCUT2D eigenvalue weighted by Gasteiger charge is -2.15. The zero-order valence-electron chi connectivity index (χ0n) is 13.2. The molecule has 1 heterocycles. The van der Waals surface area contributed by atoms with E-state index in [1.54, 1.807) is 25.1 Å². The number of aromatic amines is 1. The maximum absolute atomic E-state index is 12.0. The van der Waals surface area contributed by atoms with Crippen LogP contribution in [0.2, 0.25) is 5.02 Å². The number of hydrogen-bond donors (Lipinski definition) is 1. The average Bonchev–Trinajstić information content (AvgIpc) is 2.49. The number of rotatable bonds is 5. The molecule has 0 saturated heterocycles. The first-order valence-electron chi connectivity index (χ1n) is 7.25. The largest absolute Gasteiger partial charge is 0.490 e. The summed E-state index contributed by atoms with van der Waals surface area (Å²) in [7, 11) is 0. The first-order valence-corrected chi connectivity index (χ1v) is 7.63. The van der Waals surface area contributed by atoms with E-state index in [0.29, 0.717) is 46.6 Å². The van der Waals surface area contributed by atoms with Gasteiger partial charge in [-0.15, -0.1) is 0 Å². The van der Waals surface area contributed by atoms with Crippen LogP contribution in [0.5, 0.6) is 11.5 Å². The van der Waals surface area contributed by atoms with Crippen LogP contribution in [-0.2, 0) is 0 Å². The molecule has 120 valence electrons. The van der Waals surface area contributed by atoms with Crippen molar-refractivity contribution in [2.24, 2.45) is 0 Å². The lowest BCUT2D eigenvalue weighted by Crippen LogP contribution is -2.13. The highest BCUT2D eigenvalue weighted by atomic mass is 35.5. The lowest BCUT2D eigenvalue weighted by molar-refractivity contribution is 0.288. The smallest absolute Gasteiger partial charge is 0.266 e. The van der Waals surface area contributed by atoms with Crippen molar-refractivity contribution < 1.29 is 9.47 Å². The molecule has 1 aromatic carbocycles. The Balaban J connectivity index is 2.72. The molecule has 0 fully saturated rings. The topological polar surface area (TPSA) is 75.1 Å². The summed E-state index contributed by atoms with van der Waals surface area (Å²) in [6.45, 7) is 6.41. The molecule has 0 saturated carbocycles. The maximum atomic E-state index is 12.0. The molecular formula is C17H17ClN2O3. The summed E-state index contributed by atoms with van der Waals surface area (Å²) in [5, 5.41) is 9.67. The van der Waals surface area contributed by atoms with Crippen molar-refractivity contribution in [3.8, 4) is 28.7 Å². The second kappa shape index (κ2) is 7.21. The summed E-state index contributed by atoms with van der Waals surface area (Å²) in [4.78, 5) is 14.6. The third-order valence-corrected chi connectivity index (χ3v) is 3.52. The minimum absolute atomic E-state index is 0.0177. The van der Waals surface area contributed by atoms with E-state index >= 15 is 0 Å². The van der Waals surface area contributed by atoms with Gasteiger partial charge in [0.2, 0.25) is 0 Å². The van der Waals surface area contributed by atoms with Gasteiger partial charge in [0.15, 0.2) is 11.5 Å². The Labute approximate surface area is 139 Å². The van der Waals surface area contributed by atoms with Gasteiger partial charge in [0.25, 0.3) is 5.56 Å². The van der Waals surface area contributed by atoms with Crippen molar-refractivity contribution in [2.75, 3.05) is 13.2 Å². The van der Waals surface area contributed by atoms with Gasteiger partial charge in [-0.2, -0.15) is 5.26 Å². The minimum atomic E-state index is -0.439. The predicted octanol–water partition coefficient (Wildman–Crippen LogP) is 3.67. The van der Waals surface area contributed by atoms with Crippen LogP contribution in [0.3, 0.4) is 0 Å². The minimum Gasteiger partial charge on any atom is -0.490 e. The Morgan fingerprint density at radius 2 is 1.74 bits per heavy atom. The first kappa shape index (κ1) is 16.9. The normalized spacial score (nSPS) is 10.2. The first-order chi connectivity index (χ1) is 11.0. The number of benzene rings is 1. The summed E-state index contributed by atoms with van der Waals surface area (Å²) in [6.07, 6.45) is 0. The van der Waals surface area contributed by atoms with Gasteiger partial charge in [-0.05, 0) is 32.9 Å². The van der Waals surface area contributed by atoms with E-state index in [1.807, 2.05) is 19.9 Å². The molecule has 1 N–H and O–H groups in total. The number of nitrogens with zero attached hydrogens (tertiary/aromatic N) is 1. The quantitative estimate of drug-likeness (QED) is 0.906. The fraction of sp³-hybridized carbons (Fsp3) is 0.294. The predicted molar refractivity (Wildman–Crippen MR) is 89.3 cm³/mol. The van der Waals surface area contributed by atoms with Gasteiger partial charge in [-0.1, -0.05) is 11.6 Å². The fourth-order valence-corrected chi connectivity index (χ4v) is 2.55. The van der Waals surface area contributed by atoms with E-state index in [9.17, 15) is 10.1 Å². The number of aryl methyl sites for hydroxylation is 1. The van der Waals surface area contributed by atoms with Crippen LogP contribution in [-0.4, -0.2) is 18.2 Å². The van der Waals surface area contributed by atoms with Gasteiger partial charge in [-0.25, -0.2) is 0 Å². The molecule has 0 spiro atoms. The third kappa shape index (κ3) is 3.49. The number of hydrogen-bond acceptors (Lipinski definition) is 4. The highest BCUT2D eigenvalue weighted by Gasteiger charge is 2.17.